The fourth-order valence-electron chi connectivity index (χ4n) is 5.69. The molecule has 6 atom stereocenters. The van der Waals surface area contributed by atoms with Gasteiger partial charge in [-0.1, -0.05) is 48.0 Å². The number of aryl methyl sites for hydroxylation is 2. The summed E-state index contributed by atoms with van der Waals surface area (Å²) < 4.78 is 46.8. The summed E-state index contributed by atoms with van der Waals surface area (Å²) in [6, 6.07) is 18.4. The Balaban J connectivity index is 1.50. The molecule has 3 aliphatic heterocycles. The van der Waals surface area contributed by atoms with Crippen LogP contribution in [0.15, 0.2) is 54.6 Å². The number of fused-ring (bicyclic) bond motifs is 1. The van der Waals surface area contributed by atoms with E-state index in [1.807, 2.05) is 84.0 Å². The molecule has 3 fully saturated rings. The summed E-state index contributed by atoms with van der Waals surface area (Å²) in [6.45, 7) is 11.9. The van der Waals surface area contributed by atoms with Gasteiger partial charge in [0.05, 0.1) is 6.61 Å². The number of nitrogens with one attached hydrogen (secondary N) is 1. The van der Waals surface area contributed by atoms with E-state index in [4.69, 9.17) is 23.5 Å². The van der Waals surface area contributed by atoms with E-state index >= 15 is 4.57 Å². The van der Waals surface area contributed by atoms with Crippen LogP contribution in [0, 0.1) is 6.92 Å². The summed E-state index contributed by atoms with van der Waals surface area (Å²) >= 11 is 0. The second kappa shape index (κ2) is 9.78. The fourth-order valence-corrected chi connectivity index (χ4v) is 8.59. The Kier molecular flexibility index (Phi) is 7.10. The van der Waals surface area contributed by atoms with E-state index in [9.17, 15) is 0 Å². The molecule has 3 heterocycles. The van der Waals surface area contributed by atoms with Crippen LogP contribution in [-0.2, 0) is 34.5 Å². The van der Waals surface area contributed by atoms with Gasteiger partial charge in [-0.25, -0.2) is 0 Å². The third-order valence-electron chi connectivity index (χ3n) is 7.61. The van der Waals surface area contributed by atoms with Gasteiger partial charge in [-0.15, -0.1) is 0 Å². The molecular formula is C29H40NO6P. The molecule has 1 N–H and O–H groups in total. The lowest BCUT2D eigenvalue weighted by atomic mass is 9.97. The van der Waals surface area contributed by atoms with Crippen molar-refractivity contribution in [1.82, 2.24) is 0 Å². The normalized spacial score (nSPS) is 36.3. The van der Waals surface area contributed by atoms with Crippen LogP contribution in [0.3, 0.4) is 0 Å². The first-order valence-electron chi connectivity index (χ1n) is 13.2. The Bertz CT molecular complexity index is 1140. The van der Waals surface area contributed by atoms with Crippen LogP contribution >= 0.6 is 7.37 Å². The summed E-state index contributed by atoms with van der Waals surface area (Å²) in [5.74, 6) is -1.60. The van der Waals surface area contributed by atoms with Gasteiger partial charge in [0.1, 0.15) is 29.7 Å². The van der Waals surface area contributed by atoms with Gasteiger partial charge in [0.15, 0.2) is 11.6 Å². The zero-order valence-electron chi connectivity index (χ0n) is 22.7. The van der Waals surface area contributed by atoms with Gasteiger partial charge < -0.3 is 28.8 Å². The molecule has 3 saturated heterocycles. The summed E-state index contributed by atoms with van der Waals surface area (Å²) in [6.07, 6.45) is -0.0529. The molecule has 2 aromatic rings. The minimum atomic E-state index is -3.38. The number of ether oxygens (including phenoxy) is 4. The molecule has 0 radical (unpaired) electrons. The summed E-state index contributed by atoms with van der Waals surface area (Å²) in [5.41, 5.74) is 3.24. The molecular weight excluding hydrogens is 489 g/mol. The quantitative estimate of drug-likeness (QED) is 0.434. The van der Waals surface area contributed by atoms with Gasteiger partial charge in [-0.05, 0) is 72.1 Å². The highest BCUT2D eigenvalue weighted by molar-refractivity contribution is 7.61. The molecule has 0 aliphatic carbocycles. The molecule has 2 aromatic carbocycles. The smallest absolute Gasteiger partial charge is 0.230 e. The lowest BCUT2D eigenvalue weighted by molar-refractivity contribution is -0.174. The molecule has 0 unspecified atom stereocenters. The summed E-state index contributed by atoms with van der Waals surface area (Å²) in [5, 5.41) is 2.58. The van der Waals surface area contributed by atoms with Gasteiger partial charge in [0, 0.05) is 11.8 Å². The number of rotatable bonds is 7. The van der Waals surface area contributed by atoms with Crippen molar-refractivity contribution >= 4 is 13.1 Å². The van der Waals surface area contributed by atoms with Crippen LogP contribution in [0.25, 0.3) is 0 Å². The van der Waals surface area contributed by atoms with Crippen molar-refractivity contribution in [2.45, 2.75) is 95.7 Å². The van der Waals surface area contributed by atoms with E-state index in [-0.39, 0.29) is 0 Å². The SMILES string of the molecule is Cc1ccc(N[C@@]2(C)[C@H]3OC(C)(C)O[C@H]3[C@@H]([C@H]3COC(C)(C)O3)O[P@@]2(=O)CCCc2ccccc2)cc1. The Hall–Kier alpha value is -1.73. The van der Waals surface area contributed by atoms with Crippen LogP contribution in [0.2, 0.25) is 0 Å². The van der Waals surface area contributed by atoms with Crippen LogP contribution in [0.5, 0.6) is 0 Å². The first kappa shape index (κ1) is 26.9. The number of hydrogen-bond donors (Lipinski definition) is 1. The molecule has 0 saturated carbocycles. The molecule has 3 aliphatic rings. The van der Waals surface area contributed by atoms with E-state index in [0.717, 1.165) is 17.7 Å². The first-order valence-corrected chi connectivity index (χ1v) is 15.0. The molecule has 0 bridgehead atoms. The van der Waals surface area contributed by atoms with E-state index < -0.39 is 48.6 Å². The topological polar surface area (TPSA) is 75.2 Å². The predicted molar refractivity (Wildman–Crippen MR) is 144 cm³/mol. The van der Waals surface area contributed by atoms with E-state index in [1.165, 1.54) is 5.56 Å². The van der Waals surface area contributed by atoms with Crippen molar-refractivity contribution in [1.29, 1.82) is 0 Å². The van der Waals surface area contributed by atoms with Crippen LogP contribution in [0.1, 0.15) is 52.2 Å². The first-order chi connectivity index (χ1) is 17.4. The van der Waals surface area contributed by atoms with E-state index in [0.29, 0.717) is 19.2 Å². The highest BCUT2D eigenvalue weighted by atomic mass is 31.2. The molecule has 202 valence electrons. The van der Waals surface area contributed by atoms with Gasteiger partial charge in [-0.2, -0.15) is 0 Å². The zero-order valence-corrected chi connectivity index (χ0v) is 23.6. The van der Waals surface area contributed by atoms with Crippen molar-refractivity contribution in [3.05, 3.63) is 65.7 Å². The Morgan fingerprint density at radius 3 is 2.24 bits per heavy atom. The molecule has 0 spiro atoms. The Morgan fingerprint density at radius 2 is 1.59 bits per heavy atom. The average molecular weight is 530 g/mol. The monoisotopic (exact) mass is 529 g/mol. The average Bonchev–Trinajstić information content (AvgIpc) is 3.37. The van der Waals surface area contributed by atoms with Gasteiger partial charge in [0.2, 0.25) is 7.37 Å². The molecule has 0 amide bonds. The Labute approximate surface area is 220 Å². The number of benzene rings is 2. The van der Waals surface area contributed by atoms with Crippen molar-refractivity contribution in [2.75, 3.05) is 18.1 Å². The largest absolute Gasteiger partial charge is 0.369 e. The van der Waals surface area contributed by atoms with Crippen molar-refractivity contribution in [3.63, 3.8) is 0 Å². The Morgan fingerprint density at radius 1 is 0.892 bits per heavy atom. The highest BCUT2D eigenvalue weighted by Crippen LogP contribution is 2.68. The minimum Gasteiger partial charge on any atom is -0.369 e. The van der Waals surface area contributed by atoms with Crippen LogP contribution in [0.4, 0.5) is 5.69 Å². The maximum atomic E-state index is 15.1. The third kappa shape index (κ3) is 5.40. The third-order valence-corrected chi connectivity index (χ3v) is 10.9. The van der Waals surface area contributed by atoms with Crippen molar-refractivity contribution in [2.24, 2.45) is 0 Å². The molecule has 0 aromatic heterocycles. The van der Waals surface area contributed by atoms with E-state index in [2.05, 4.69) is 17.4 Å². The maximum absolute atomic E-state index is 15.1. The van der Waals surface area contributed by atoms with Gasteiger partial charge in [-0.3, -0.25) is 4.57 Å². The minimum absolute atomic E-state index is 0.344. The van der Waals surface area contributed by atoms with Gasteiger partial charge >= 0.3 is 0 Å². The molecule has 5 rings (SSSR count). The highest BCUT2D eigenvalue weighted by Gasteiger charge is 2.67. The van der Waals surface area contributed by atoms with Gasteiger partial charge in [0.25, 0.3) is 0 Å². The number of hydrogen-bond acceptors (Lipinski definition) is 7. The fraction of sp³-hybridized carbons (Fsp3) is 0.586. The lowest BCUT2D eigenvalue weighted by Gasteiger charge is -2.50. The second-order valence-electron chi connectivity index (χ2n) is 11.6. The van der Waals surface area contributed by atoms with Crippen LogP contribution in [-0.4, -0.2) is 54.0 Å². The lowest BCUT2D eigenvalue weighted by Crippen LogP contribution is -2.62. The zero-order chi connectivity index (χ0) is 26.5. The second-order valence-corrected chi connectivity index (χ2v) is 14.5. The standard InChI is InChI=1S/C29H40NO6P/c1-20-14-16-22(17-15-20)30-29(6)26-25(34-28(4,5)35-26)24(23-19-32-27(2,3)33-23)36-37(29,31)18-10-13-21-11-8-7-9-12-21/h7-9,11-12,14-17,23-26,30H,10,13,18-19H2,1-6H3/t23-,24-,25+,26+,29-,37+/m1/s1. The predicted octanol–water partition coefficient (Wildman–Crippen LogP) is 6.10. The summed E-state index contributed by atoms with van der Waals surface area (Å²) in [7, 11) is -3.38. The molecule has 8 heteroatoms. The van der Waals surface area contributed by atoms with Crippen LogP contribution < -0.4 is 5.32 Å². The van der Waals surface area contributed by atoms with E-state index in [1.54, 1.807) is 0 Å². The summed E-state index contributed by atoms with van der Waals surface area (Å²) in [4.78, 5) is 0. The number of anilines is 1. The maximum Gasteiger partial charge on any atom is 0.230 e. The van der Waals surface area contributed by atoms with Crippen molar-refractivity contribution < 1.29 is 28.0 Å². The molecule has 7 nitrogen and oxygen atoms in total. The van der Waals surface area contributed by atoms with Crippen molar-refractivity contribution in [3.8, 4) is 0 Å². The molecule has 37 heavy (non-hydrogen) atoms.